The Morgan fingerprint density at radius 3 is 2.92 bits per heavy atom. The minimum Gasteiger partial charge on any atom is -0.381 e. The van der Waals surface area contributed by atoms with Gasteiger partial charge < -0.3 is 10.5 Å². The quantitative estimate of drug-likeness (QED) is 0.714. The lowest BCUT2D eigenvalue weighted by Gasteiger charge is -2.05. The van der Waals surface area contributed by atoms with Gasteiger partial charge in [0.1, 0.15) is 6.73 Å². The number of ether oxygens (including phenoxy) is 1. The fraction of sp³-hybridized carbons (Fsp3) is 0.714. The van der Waals surface area contributed by atoms with E-state index in [0.29, 0.717) is 18.5 Å². The van der Waals surface area contributed by atoms with E-state index in [1.165, 1.54) is 0 Å². The summed E-state index contributed by atoms with van der Waals surface area (Å²) in [7, 11) is 0. The van der Waals surface area contributed by atoms with Crippen LogP contribution in [0.15, 0.2) is 6.20 Å². The fourth-order valence-corrected chi connectivity index (χ4v) is 0.758. The molecule has 0 amide bonds. The maximum Gasteiger partial charge on any atom is 0.166 e. The van der Waals surface area contributed by atoms with E-state index >= 15 is 0 Å². The minimum absolute atomic E-state index is 0.419. The molecule has 1 aromatic heterocycles. The summed E-state index contributed by atoms with van der Waals surface area (Å²) in [4.78, 5) is 0. The molecule has 0 spiro atoms. The highest BCUT2D eigenvalue weighted by Crippen LogP contribution is 1.96. The summed E-state index contributed by atoms with van der Waals surface area (Å²) in [5.41, 5.74) is 5.36. The van der Waals surface area contributed by atoms with Crippen LogP contribution in [0.3, 0.4) is 0 Å². The maximum absolute atomic E-state index is 5.36. The summed E-state index contributed by atoms with van der Waals surface area (Å²) in [6, 6.07) is 0. The first-order valence-corrected chi connectivity index (χ1v) is 3.92. The van der Waals surface area contributed by atoms with Crippen LogP contribution in [0, 0.1) is 5.92 Å². The fourth-order valence-electron chi connectivity index (χ4n) is 0.758. The highest BCUT2D eigenvalue weighted by atomic mass is 16.5. The molecule has 1 heterocycles. The van der Waals surface area contributed by atoms with E-state index in [2.05, 4.69) is 24.2 Å². The molecular formula is C7H14N4O. The Morgan fingerprint density at radius 1 is 1.67 bits per heavy atom. The third kappa shape index (κ3) is 2.87. The van der Waals surface area contributed by atoms with E-state index in [-0.39, 0.29) is 0 Å². The summed E-state index contributed by atoms with van der Waals surface area (Å²) in [5.74, 6) is 0.953. The lowest BCUT2D eigenvalue weighted by molar-refractivity contribution is 0.0494. The van der Waals surface area contributed by atoms with E-state index in [9.17, 15) is 0 Å². The molecule has 0 bridgehead atoms. The topological polar surface area (TPSA) is 66.0 Å². The monoisotopic (exact) mass is 170 g/mol. The van der Waals surface area contributed by atoms with Gasteiger partial charge in [-0.1, -0.05) is 19.1 Å². The second-order valence-electron chi connectivity index (χ2n) is 3.08. The van der Waals surface area contributed by atoms with E-state index < -0.39 is 0 Å². The Bertz CT molecular complexity index is 233. The van der Waals surface area contributed by atoms with Gasteiger partial charge >= 0.3 is 0 Å². The molecule has 5 nitrogen and oxygen atoms in total. The number of hydrogen-bond acceptors (Lipinski definition) is 4. The Hall–Kier alpha value is -1.10. The predicted molar refractivity (Wildman–Crippen MR) is 45.2 cm³/mol. The van der Waals surface area contributed by atoms with Gasteiger partial charge in [-0.05, 0) is 5.92 Å². The lowest BCUT2D eigenvalue weighted by Crippen LogP contribution is -2.07. The number of nitrogen functional groups attached to an aromatic ring is 1. The molecule has 0 unspecified atom stereocenters. The number of hydrogen-bond donors (Lipinski definition) is 1. The number of nitrogens with zero attached hydrogens (tertiary/aromatic N) is 3. The maximum atomic E-state index is 5.36. The molecule has 1 rings (SSSR count). The van der Waals surface area contributed by atoms with Crippen molar-refractivity contribution in [1.29, 1.82) is 0 Å². The summed E-state index contributed by atoms with van der Waals surface area (Å²) < 4.78 is 6.87. The normalized spacial score (nSPS) is 10.9. The van der Waals surface area contributed by atoms with Crippen LogP contribution in [0.4, 0.5) is 5.82 Å². The first-order valence-electron chi connectivity index (χ1n) is 3.92. The van der Waals surface area contributed by atoms with Crippen molar-refractivity contribution in [2.24, 2.45) is 5.92 Å². The van der Waals surface area contributed by atoms with Crippen LogP contribution < -0.4 is 5.73 Å². The summed E-state index contributed by atoms with van der Waals surface area (Å²) in [5, 5.41) is 7.35. The van der Waals surface area contributed by atoms with Crippen molar-refractivity contribution >= 4 is 5.82 Å². The summed E-state index contributed by atoms with van der Waals surface area (Å²) in [6.45, 7) is 5.33. The molecule has 0 saturated heterocycles. The summed E-state index contributed by atoms with van der Waals surface area (Å²) in [6.07, 6.45) is 1.64. The zero-order valence-corrected chi connectivity index (χ0v) is 7.40. The van der Waals surface area contributed by atoms with Crippen molar-refractivity contribution in [3.05, 3.63) is 6.20 Å². The first-order chi connectivity index (χ1) is 5.68. The van der Waals surface area contributed by atoms with Gasteiger partial charge in [0, 0.05) is 0 Å². The second kappa shape index (κ2) is 4.06. The van der Waals surface area contributed by atoms with Gasteiger partial charge in [0.15, 0.2) is 5.82 Å². The lowest BCUT2D eigenvalue weighted by atomic mass is 10.2. The predicted octanol–water partition coefficient (Wildman–Crippen LogP) is 0.490. The zero-order valence-electron chi connectivity index (χ0n) is 7.40. The average Bonchev–Trinajstić information content (AvgIpc) is 2.35. The van der Waals surface area contributed by atoms with Crippen molar-refractivity contribution in [2.75, 3.05) is 12.3 Å². The van der Waals surface area contributed by atoms with Gasteiger partial charge in [-0.3, -0.25) is 0 Å². The Balaban J connectivity index is 2.24. The van der Waals surface area contributed by atoms with Crippen molar-refractivity contribution in [3.63, 3.8) is 0 Å². The van der Waals surface area contributed by atoms with E-state index in [0.717, 1.165) is 6.61 Å². The van der Waals surface area contributed by atoms with Gasteiger partial charge in [0.05, 0.1) is 12.8 Å². The van der Waals surface area contributed by atoms with Crippen LogP contribution in [-0.2, 0) is 11.5 Å². The SMILES string of the molecule is CC(C)COCn1cc(N)nn1. The number of aromatic nitrogens is 3. The Morgan fingerprint density at radius 2 is 2.42 bits per heavy atom. The molecule has 0 aliphatic rings. The smallest absolute Gasteiger partial charge is 0.166 e. The summed E-state index contributed by atoms with van der Waals surface area (Å²) >= 11 is 0. The zero-order chi connectivity index (χ0) is 8.97. The third-order valence-corrected chi connectivity index (χ3v) is 1.23. The number of anilines is 1. The van der Waals surface area contributed by atoms with Crippen LogP contribution in [0.5, 0.6) is 0 Å². The van der Waals surface area contributed by atoms with Crippen molar-refractivity contribution in [1.82, 2.24) is 15.0 Å². The van der Waals surface area contributed by atoms with E-state index in [1.807, 2.05) is 0 Å². The molecule has 0 fully saturated rings. The highest BCUT2D eigenvalue weighted by molar-refractivity contribution is 5.19. The molecular weight excluding hydrogens is 156 g/mol. The number of rotatable bonds is 4. The largest absolute Gasteiger partial charge is 0.381 e. The Kier molecular flexibility index (Phi) is 3.04. The van der Waals surface area contributed by atoms with Crippen LogP contribution >= 0.6 is 0 Å². The first kappa shape index (κ1) is 8.99. The molecule has 5 heteroatoms. The highest BCUT2D eigenvalue weighted by Gasteiger charge is 1.96. The van der Waals surface area contributed by atoms with Gasteiger partial charge in [-0.2, -0.15) is 0 Å². The minimum atomic E-state index is 0.419. The molecule has 0 atom stereocenters. The van der Waals surface area contributed by atoms with Crippen LogP contribution in [0.1, 0.15) is 13.8 Å². The second-order valence-corrected chi connectivity index (χ2v) is 3.08. The molecule has 0 aromatic carbocycles. The van der Waals surface area contributed by atoms with E-state index in [1.54, 1.807) is 10.9 Å². The van der Waals surface area contributed by atoms with Crippen LogP contribution in [0.25, 0.3) is 0 Å². The molecule has 68 valence electrons. The van der Waals surface area contributed by atoms with Crippen molar-refractivity contribution < 1.29 is 4.74 Å². The molecule has 2 N–H and O–H groups in total. The van der Waals surface area contributed by atoms with Gasteiger partial charge in [-0.25, -0.2) is 4.68 Å². The van der Waals surface area contributed by atoms with Crippen molar-refractivity contribution in [2.45, 2.75) is 20.6 Å². The van der Waals surface area contributed by atoms with E-state index in [4.69, 9.17) is 10.5 Å². The van der Waals surface area contributed by atoms with Gasteiger partial charge in [0.2, 0.25) is 0 Å². The average molecular weight is 170 g/mol. The van der Waals surface area contributed by atoms with Crippen molar-refractivity contribution in [3.8, 4) is 0 Å². The molecule has 1 aromatic rings. The molecule has 12 heavy (non-hydrogen) atoms. The van der Waals surface area contributed by atoms with Crippen LogP contribution in [-0.4, -0.2) is 21.6 Å². The van der Waals surface area contributed by atoms with Crippen LogP contribution in [0.2, 0.25) is 0 Å². The van der Waals surface area contributed by atoms with Gasteiger partial charge in [0.25, 0.3) is 0 Å². The molecule has 0 aliphatic carbocycles. The standard InChI is InChI=1S/C7H14N4O/c1-6(2)4-12-5-11-3-7(8)9-10-11/h3,6H,4-5,8H2,1-2H3. The molecule has 0 aliphatic heterocycles. The molecule has 0 saturated carbocycles. The number of nitrogens with two attached hydrogens (primary N) is 1. The Labute approximate surface area is 71.5 Å². The third-order valence-electron chi connectivity index (χ3n) is 1.23. The van der Waals surface area contributed by atoms with Gasteiger partial charge in [-0.15, -0.1) is 5.10 Å². The molecule has 0 radical (unpaired) electrons.